The summed E-state index contributed by atoms with van der Waals surface area (Å²) in [6, 6.07) is 21.6. The summed E-state index contributed by atoms with van der Waals surface area (Å²) in [6.45, 7) is 4.92. The Kier molecular flexibility index (Phi) is 6.68. The number of hydrogen-bond acceptors (Lipinski definition) is 5. The summed E-state index contributed by atoms with van der Waals surface area (Å²) in [5, 5.41) is 20.8. The molecule has 1 unspecified atom stereocenters. The van der Waals surface area contributed by atoms with Gasteiger partial charge in [0.2, 0.25) is 0 Å². The van der Waals surface area contributed by atoms with Crippen LogP contribution in [0.15, 0.2) is 84.4 Å². The highest BCUT2D eigenvalue weighted by Crippen LogP contribution is 2.40. The number of aliphatic hydroxyl groups excluding tert-OH is 1. The second-order valence-electron chi connectivity index (χ2n) is 8.73. The number of nitrogens with zero attached hydrogens (tertiary/aromatic N) is 1. The third kappa shape index (κ3) is 4.81. The van der Waals surface area contributed by atoms with Crippen LogP contribution in [0, 0.1) is 5.92 Å². The minimum absolute atomic E-state index is 0.0266. The Hall–Kier alpha value is -4.06. The number of rotatable bonds is 7. The van der Waals surface area contributed by atoms with Gasteiger partial charge < -0.3 is 19.8 Å². The Morgan fingerprint density at radius 3 is 2.21 bits per heavy atom. The predicted octanol–water partition coefficient (Wildman–Crippen LogP) is 5.05. The molecule has 1 fully saturated rings. The zero-order valence-electron chi connectivity index (χ0n) is 19.1. The molecule has 174 valence electrons. The molecule has 6 heteroatoms. The van der Waals surface area contributed by atoms with Crippen molar-refractivity contribution >= 4 is 17.4 Å². The van der Waals surface area contributed by atoms with Crippen LogP contribution < -0.4 is 4.74 Å². The number of benzene rings is 3. The first-order valence-electron chi connectivity index (χ1n) is 11.2. The monoisotopic (exact) mass is 457 g/mol. The lowest BCUT2D eigenvalue weighted by atomic mass is 9.95. The number of likely N-dealkylation sites (tertiary alicyclic amines) is 1. The molecule has 1 aliphatic heterocycles. The molecular weight excluding hydrogens is 430 g/mol. The number of hydrogen-bond donors (Lipinski definition) is 2. The average molecular weight is 458 g/mol. The molecule has 0 spiro atoms. The van der Waals surface area contributed by atoms with Gasteiger partial charge >= 0.3 is 0 Å². The smallest absolute Gasteiger partial charge is 0.295 e. The van der Waals surface area contributed by atoms with Gasteiger partial charge in [0.25, 0.3) is 11.7 Å². The molecule has 1 atom stereocenters. The number of phenolic OH excluding ortho intramolecular Hbond substituents is 1. The van der Waals surface area contributed by atoms with Crippen molar-refractivity contribution in [2.75, 3.05) is 6.61 Å². The van der Waals surface area contributed by atoms with Crippen molar-refractivity contribution in [2.45, 2.75) is 26.4 Å². The molecule has 3 aromatic rings. The summed E-state index contributed by atoms with van der Waals surface area (Å²) in [7, 11) is 0. The van der Waals surface area contributed by atoms with E-state index in [1.165, 1.54) is 17.0 Å². The van der Waals surface area contributed by atoms with Crippen LogP contribution in [0.1, 0.15) is 36.6 Å². The molecule has 1 aliphatic rings. The van der Waals surface area contributed by atoms with Crippen molar-refractivity contribution in [1.82, 2.24) is 4.90 Å². The van der Waals surface area contributed by atoms with E-state index in [-0.39, 0.29) is 23.6 Å². The van der Waals surface area contributed by atoms with Crippen LogP contribution in [0.25, 0.3) is 5.76 Å². The van der Waals surface area contributed by atoms with Gasteiger partial charge in [-0.15, -0.1) is 0 Å². The second-order valence-corrected chi connectivity index (χ2v) is 8.73. The SMILES string of the molecule is CC(C)COc1ccc(CN2C(=O)C(=O)/C(=C(\O)c3ccccc3)C2c2ccc(O)cc2)cc1. The van der Waals surface area contributed by atoms with Crippen molar-refractivity contribution in [2.24, 2.45) is 5.92 Å². The number of aromatic hydroxyl groups is 1. The highest BCUT2D eigenvalue weighted by molar-refractivity contribution is 6.46. The number of ether oxygens (including phenoxy) is 1. The minimum Gasteiger partial charge on any atom is -0.508 e. The molecular formula is C28H27NO5. The lowest BCUT2D eigenvalue weighted by molar-refractivity contribution is -0.140. The van der Waals surface area contributed by atoms with E-state index in [0.717, 1.165) is 11.3 Å². The van der Waals surface area contributed by atoms with Crippen LogP contribution in [-0.2, 0) is 16.1 Å². The molecule has 0 bridgehead atoms. The topological polar surface area (TPSA) is 87.1 Å². The van der Waals surface area contributed by atoms with Gasteiger partial charge in [-0.1, -0.05) is 68.4 Å². The molecule has 0 radical (unpaired) electrons. The van der Waals surface area contributed by atoms with Gasteiger partial charge in [-0.3, -0.25) is 9.59 Å². The van der Waals surface area contributed by atoms with Crippen molar-refractivity contribution in [3.05, 3.63) is 101 Å². The number of ketones is 1. The van der Waals surface area contributed by atoms with E-state index in [4.69, 9.17) is 4.74 Å². The van der Waals surface area contributed by atoms with Crippen LogP contribution >= 0.6 is 0 Å². The van der Waals surface area contributed by atoms with Gasteiger partial charge in [0.05, 0.1) is 18.2 Å². The standard InChI is InChI=1S/C28H27NO5/c1-18(2)17-34-23-14-8-19(9-15-23)16-29-25(20-10-12-22(30)13-11-20)24(27(32)28(29)33)26(31)21-6-4-3-5-7-21/h3-15,18,25,30-31H,16-17H2,1-2H3/b26-24-. The predicted molar refractivity (Wildman–Crippen MR) is 129 cm³/mol. The van der Waals surface area contributed by atoms with Crippen molar-refractivity contribution < 1.29 is 24.5 Å². The van der Waals surface area contributed by atoms with Crippen LogP contribution in [0.2, 0.25) is 0 Å². The van der Waals surface area contributed by atoms with Gasteiger partial charge in [0.1, 0.15) is 17.3 Å². The first-order valence-corrected chi connectivity index (χ1v) is 11.2. The summed E-state index contributed by atoms with van der Waals surface area (Å²) in [4.78, 5) is 27.7. The maximum absolute atomic E-state index is 13.1. The van der Waals surface area contributed by atoms with E-state index in [1.54, 1.807) is 42.5 Å². The molecule has 34 heavy (non-hydrogen) atoms. The molecule has 3 aromatic carbocycles. The third-order valence-corrected chi connectivity index (χ3v) is 5.66. The second kappa shape index (κ2) is 9.83. The lowest BCUT2D eigenvalue weighted by Gasteiger charge is -2.25. The van der Waals surface area contributed by atoms with E-state index in [1.807, 2.05) is 24.3 Å². The summed E-state index contributed by atoms with van der Waals surface area (Å²) in [5.41, 5.74) is 1.92. The van der Waals surface area contributed by atoms with Gasteiger partial charge in [-0.05, 0) is 41.3 Å². The van der Waals surface area contributed by atoms with E-state index in [2.05, 4.69) is 13.8 Å². The summed E-state index contributed by atoms with van der Waals surface area (Å²) >= 11 is 0. The first kappa shape index (κ1) is 23.1. The molecule has 6 nitrogen and oxygen atoms in total. The van der Waals surface area contributed by atoms with E-state index < -0.39 is 17.7 Å². The van der Waals surface area contributed by atoms with Gasteiger partial charge in [0, 0.05) is 12.1 Å². The van der Waals surface area contributed by atoms with Crippen LogP contribution in [-0.4, -0.2) is 33.4 Å². The van der Waals surface area contributed by atoms with Crippen molar-refractivity contribution in [3.8, 4) is 11.5 Å². The van der Waals surface area contributed by atoms with E-state index >= 15 is 0 Å². The fourth-order valence-electron chi connectivity index (χ4n) is 3.95. The third-order valence-electron chi connectivity index (χ3n) is 5.66. The molecule has 1 amide bonds. The minimum atomic E-state index is -0.794. The number of Topliss-reactive ketones (excluding diaryl/α,β-unsaturated/α-hetero) is 1. The Balaban J connectivity index is 1.71. The normalized spacial score (nSPS) is 17.4. The Morgan fingerprint density at radius 1 is 0.941 bits per heavy atom. The molecule has 0 aromatic heterocycles. The molecule has 1 heterocycles. The number of phenols is 1. The summed E-state index contributed by atoms with van der Waals surface area (Å²) in [5.74, 6) is -0.440. The van der Waals surface area contributed by atoms with Crippen molar-refractivity contribution in [1.29, 1.82) is 0 Å². The highest BCUT2D eigenvalue weighted by atomic mass is 16.5. The maximum atomic E-state index is 13.1. The zero-order chi connectivity index (χ0) is 24.2. The van der Waals surface area contributed by atoms with Crippen LogP contribution in [0.4, 0.5) is 0 Å². The first-order chi connectivity index (χ1) is 16.3. The van der Waals surface area contributed by atoms with Crippen LogP contribution in [0.5, 0.6) is 11.5 Å². The zero-order valence-corrected chi connectivity index (χ0v) is 19.1. The summed E-state index contributed by atoms with van der Waals surface area (Å²) in [6.07, 6.45) is 0. The van der Waals surface area contributed by atoms with Crippen molar-refractivity contribution in [3.63, 3.8) is 0 Å². The largest absolute Gasteiger partial charge is 0.508 e. The quantitative estimate of drug-likeness (QED) is 0.295. The molecule has 0 saturated carbocycles. The number of aliphatic hydroxyl groups is 1. The molecule has 0 aliphatic carbocycles. The number of carbonyl (C=O) groups is 2. The number of amides is 1. The van der Waals surface area contributed by atoms with Crippen LogP contribution in [0.3, 0.4) is 0 Å². The van der Waals surface area contributed by atoms with E-state index in [0.29, 0.717) is 23.7 Å². The number of carbonyl (C=O) groups excluding carboxylic acids is 2. The Bertz CT molecular complexity index is 1200. The Labute approximate surface area is 198 Å². The highest BCUT2D eigenvalue weighted by Gasteiger charge is 2.46. The lowest BCUT2D eigenvalue weighted by Crippen LogP contribution is -2.29. The average Bonchev–Trinajstić information content (AvgIpc) is 3.09. The van der Waals surface area contributed by atoms with Gasteiger partial charge in [0.15, 0.2) is 0 Å². The van der Waals surface area contributed by atoms with Gasteiger partial charge in [-0.2, -0.15) is 0 Å². The summed E-state index contributed by atoms with van der Waals surface area (Å²) < 4.78 is 5.73. The molecule has 1 saturated heterocycles. The van der Waals surface area contributed by atoms with Gasteiger partial charge in [-0.25, -0.2) is 0 Å². The molecule has 4 rings (SSSR count). The maximum Gasteiger partial charge on any atom is 0.295 e. The molecule has 2 N–H and O–H groups in total. The Morgan fingerprint density at radius 2 is 1.59 bits per heavy atom. The van der Waals surface area contributed by atoms with E-state index in [9.17, 15) is 19.8 Å². The fourth-order valence-corrected chi connectivity index (χ4v) is 3.95. The fraction of sp³-hybridized carbons (Fsp3) is 0.214.